The van der Waals surface area contributed by atoms with E-state index in [1.54, 1.807) is 30.3 Å². The maximum absolute atomic E-state index is 11.7. The maximum Gasteiger partial charge on any atom is 0.349 e. The molecule has 0 saturated carbocycles. The summed E-state index contributed by atoms with van der Waals surface area (Å²) < 4.78 is 16.9. The number of H-pyrrole nitrogens is 1. The van der Waals surface area contributed by atoms with E-state index in [0.29, 0.717) is 16.7 Å². The second-order valence-electron chi connectivity index (χ2n) is 5.61. The Morgan fingerprint density at radius 3 is 2.66 bits per heavy atom. The zero-order valence-electron chi connectivity index (χ0n) is 15.4. The number of ether oxygens (including phenoxy) is 1. The van der Waals surface area contributed by atoms with Gasteiger partial charge in [-0.1, -0.05) is 18.2 Å². The van der Waals surface area contributed by atoms with Gasteiger partial charge in [0, 0.05) is 0 Å². The second kappa shape index (κ2) is 11.5. The van der Waals surface area contributed by atoms with Gasteiger partial charge in [-0.3, -0.25) is 9.78 Å². The molecule has 0 bridgehead atoms. The minimum absolute atomic E-state index is 0.0297. The van der Waals surface area contributed by atoms with Crippen LogP contribution in [-0.4, -0.2) is 56.6 Å². The van der Waals surface area contributed by atoms with Gasteiger partial charge in [-0.25, -0.2) is 9.88 Å². The standard InChI is InChI=1S/C16H21N4O8P/c1-11(22)13(27-16(25)20-15(24)19-14(23)9-17-20)10-26-29(18-7-8-21)28-12-5-3-2-4-6-12/h2-6,8-9,11,13,16,18,22,25H,7,10H2,1H3,(H,19,23,24). The number of rotatable bonds is 12. The molecule has 0 amide bonds. The average molecular weight is 428 g/mol. The van der Waals surface area contributed by atoms with Crippen molar-refractivity contribution in [3.8, 4) is 5.75 Å². The second-order valence-corrected chi connectivity index (χ2v) is 6.88. The summed E-state index contributed by atoms with van der Waals surface area (Å²) in [7, 11) is -1.78. The minimum atomic E-state index is -1.88. The molecular weight excluding hydrogens is 407 g/mol. The van der Waals surface area contributed by atoms with E-state index in [0.717, 1.165) is 6.20 Å². The fourth-order valence-corrected chi connectivity index (χ4v) is 2.99. The normalized spacial score (nSPS) is 15.3. The Balaban J connectivity index is 2.02. The summed E-state index contributed by atoms with van der Waals surface area (Å²) in [6, 6.07) is 8.72. The quantitative estimate of drug-likeness (QED) is 0.192. The minimum Gasteiger partial charge on any atom is -0.436 e. The average Bonchev–Trinajstić information content (AvgIpc) is 2.69. The van der Waals surface area contributed by atoms with Crippen molar-refractivity contribution in [3.05, 3.63) is 57.4 Å². The van der Waals surface area contributed by atoms with Crippen LogP contribution in [0.3, 0.4) is 0 Å². The van der Waals surface area contributed by atoms with Crippen LogP contribution in [0.1, 0.15) is 13.3 Å². The van der Waals surface area contributed by atoms with Gasteiger partial charge in [0.1, 0.15) is 24.3 Å². The number of aromatic amines is 1. The zero-order chi connectivity index (χ0) is 21.2. The lowest BCUT2D eigenvalue weighted by Crippen LogP contribution is -2.40. The highest BCUT2D eigenvalue weighted by Crippen LogP contribution is 2.35. The van der Waals surface area contributed by atoms with Crippen LogP contribution in [0.15, 0.2) is 46.1 Å². The number of aldehydes is 1. The topological polar surface area (TPSA) is 165 Å². The van der Waals surface area contributed by atoms with Gasteiger partial charge in [0.25, 0.3) is 12.0 Å². The third-order valence-electron chi connectivity index (χ3n) is 3.37. The summed E-state index contributed by atoms with van der Waals surface area (Å²) in [5.41, 5.74) is -1.73. The van der Waals surface area contributed by atoms with E-state index in [4.69, 9.17) is 13.8 Å². The van der Waals surface area contributed by atoms with Crippen LogP contribution >= 0.6 is 8.53 Å². The summed E-state index contributed by atoms with van der Waals surface area (Å²) in [6.45, 7) is 1.11. The molecule has 0 radical (unpaired) electrons. The summed E-state index contributed by atoms with van der Waals surface area (Å²) >= 11 is 0. The lowest BCUT2D eigenvalue weighted by Gasteiger charge is -2.25. The number of aliphatic hydroxyl groups excluding tert-OH is 2. The van der Waals surface area contributed by atoms with Gasteiger partial charge in [0.15, 0.2) is 0 Å². The van der Waals surface area contributed by atoms with Gasteiger partial charge in [-0.15, -0.1) is 0 Å². The first-order valence-electron chi connectivity index (χ1n) is 8.43. The zero-order valence-corrected chi connectivity index (χ0v) is 16.3. The molecule has 13 heteroatoms. The number of para-hydroxylation sites is 1. The Morgan fingerprint density at radius 2 is 2.03 bits per heavy atom. The largest absolute Gasteiger partial charge is 0.436 e. The SMILES string of the molecule is CC(O)C(COP(NCC=O)Oc1ccccc1)OC(O)n1ncc(=O)[nH]c1=O. The molecule has 4 unspecified atom stereocenters. The van der Waals surface area contributed by atoms with Crippen molar-refractivity contribution < 1.29 is 28.8 Å². The van der Waals surface area contributed by atoms with Crippen molar-refractivity contribution in [3.63, 3.8) is 0 Å². The molecule has 12 nitrogen and oxygen atoms in total. The van der Waals surface area contributed by atoms with Crippen LogP contribution in [0, 0.1) is 0 Å². The fourth-order valence-electron chi connectivity index (χ4n) is 1.96. The number of nitrogens with one attached hydrogen (secondary N) is 2. The first-order chi connectivity index (χ1) is 13.9. The van der Waals surface area contributed by atoms with E-state index in [2.05, 4.69) is 10.2 Å². The molecule has 29 heavy (non-hydrogen) atoms. The van der Waals surface area contributed by atoms with Crippen LogP contribution in [0.25, 0.3) is 0 Å². The van der Waals surface area contributed by atoms with Gasteiger partial charge in [-0.2, -0.15) is 9.78 Å². The number of aromatic nitrogens is 3. The van der Waals surface area contributed by atoms with Crippen molar-refractivity contribution in [2.24, 2.45) is 0 Å². The predicted molar refractivity (Wildman–Crippen MR) is 101 cm³/mol. The van der Waals surface area contributed by atoms with Crippen LogP contribution in [0.2, 0.25) is 0 Å². The van der Waals surface area contributed by atoms with E-state index < -0.39 is 38.4 Å². The fraction of sp³-hybridized carbons (Fsp3) is 0.375. The number of nitrogens with zero attached hydrogens (tertiary/aromatic N) is 2. The number of aliphatic hydroxyl groups is 2. The number of hydrogen-bond donors (Lipinski definition) is 4. The molecule has 1 aromatic heterocycles. The van der Waals surface area contributed by atoms with E-state index in [1.165, 1.54) is 6.92 Å². The van der Waals surface area contributed by atoms with E-state index in [1.807, 2.05) is 4.98 Å². The van der Waals surface area contributed by atoms with Crippen LogP contribution in [0.5, 0.6) is 5.75 Å². The van der Waals surface area contributed by atoms with Crippen LogP contribution in [0.4, 0.5) is 0 Å². The van der Waals surface area contributed by atoms with Crippen LogP contribution in [-0.2, 0) is 14.1 Å². The number of carbonyl (C=O) groups is 1. The smallest absolute Gasteiger partial charge is 0.349 e. The molecule has 4 N–H and O–H groups in total. The predicted octanol–water partition coefficient (Wildman–Crippen LogP) is -0.743. The lowest BCUT2D eigenvalue weighted by atomic mass is 10.2. The monoisotopic (exact) mass is 428 g/mol. The highest BCUT2D eigenvalue weighted by Gasteiger charge is 2.25. The number of hydrogen-bond acceptors (Lipinski definition) is 10. The van der Waals surface area contributed by atoms with Crippen molar-refractivity contribution >= 4 is 14.8 Å². The van der Waals surface area contributed by atoms with Crippen LogP contribution < -0.4 is 20.9 Å². The molecule has 0 spiro atoms. The van der Waals surface area contributed by atoms with Gasteiger partial charge >= 0.3 is 14.2 Å². The Morgan fingerprint density at radius 1 is 1.31 bits per heavy atom. The Kier molecular flexibility index (Phi) is 9.06. The molecule has 4 atom stereocenters. The molecule has 0 aliphatic rings. The first-order valence-corrected chi connectivity index (χ1v) is 9.61. The first kappa shape index (κ1) is 22.8. The lowest BCUT2D eigenvalue weighted by molar-refractivity contribution is -0.217. The highest BCUT2D eigenvalue weighted by molar-refractivity contribution is 7.45. The Labute approximate surface area is 166 Å². The van der Waals surface area contributed by atoms with Crippen molar-refractivity contribution in [1.29, 1.82) is 0 Å². The molecular formula is C16H21N4O8P. The Bertz CT molecular complexity index is 875. The van der Waals surface area contributed by atoms with E-state index in [9.17, 15) is 24.6 Å². The van der Waals surface area contributed by atoms with E-state index in [-0.39, 0.29) is 13.2 Å². The van der Waals surface area contributed by atoms with Crippen molar-refractivity contribution in [2.45, 2.75) is 25.5 Å². The summed E-state index contributed by atoms with van der Waals surface area (Å²) in [6.07, 6.45) is -2.66. The molecule has 2 rings (SSSR count). The highest BCUT2D eigenvalue weighted by atomic mass is 31.2. The van der Waals surface area contributed by atoms with Gasteiger partial charge in [0.2, 0.25) is 0 Å². The molecule has 0 aliphatic heterocycles. The van der Waals surface area contributed by atoms with Gasteiger partial charge in [-0.05, 0) is 19.1 Å². The number of benzene rings is 1. The molecule has 1 heterocycles. The molecule has 1 aromatic carbocycles. The van der Waals surface area contributed by atoms with Gasteiger partial charge in [0.05, 0.1) is 19.3 Å². The molecule has 0 aliphatic carbocycles. The Hall–Kier alpha value is -2.47. The molecule has 158 valence electrons. The van der Waals surface area contributed by atoms with Crippen molar-refractivity contribution in [2.75, 3.05) is 13.2 Å². The summed E-state index contributed by atoms with van der Waals surface area (Å²) in [4.78, 5) is 35.3. The molecule has 0 fully saturated rings. The third-order valence-corrected chi connectivity index (χ3v) is 4.57. The third kappa shape index (κ3) is 7.46. The van der Waals surface area contributed by atoms with Crippen molar-refractivity contribution in [1.82, 2.24) is 19.9 Å². The van der Waals surface area contributed by atoms with E-state index >= 15 is 0 Å². The molecule has 2 aromatic rings. The summed E-state index contributed by atoms with van der Waals surface area (Å²) in [5.74, 6) is 0.496. The molecule has 0 saturated heterocycles. The van der Waals surface area contributed by atoms with Gasteiger partial charge < -0.3 is 28.8 Å². The maximum atomic E-state index is 11.7. The summed E-state index contributed by atoms with van der Waals surface area (Å²) in [5, 5.41) is 26.2. The number of carbonyl (C=O) groups excluding carboxylic acids is 1.